The summed E-state index contributed by atoms with van der Waals surface area (Å²) in [5.41, 5.74) is 2.72. The van der Waals surface area contributed by atoms with Crippen LogP contribution in [0.3, 0.4) is 0 Å². The van der Waals surface area contributed by atoms with Gasteiger partial charge in [-0.25, -0.2) is 4.79 Å². The van der Waals surface area contributed by atoms with Crippen LogP contribution in [0.25, 0.3) is 0 Å². The molecular weight excluding hydrogens is 454 g/mol. The van der Waals surface area contributed by atoms with Gasteiger partial charge in [-0.1, -0.05) is 42.5 Å². The molecule has 3 aliphatic rings. The number of carbonyl (C=O) groups excluding carboxylic acids is 2. The molecule has 0 N–H and O–H groups in total. The van der Waals surface area contributed by atoms with Crippen LogP contribution in [0.5, 0.6) is 5.75 Å². The van der Waals surface area contributed by atoms with Gasteiger partial charge in [-0.3, -0.25) is 9.69 Å². The standard InChI is InChI=1S/C29H37N3O4/c1-35-24-10-8-22(9-11-24)18-30-15-12-29(21-30)13-16-31(17-14-29)27(33)26-20-32(28(34)36-2)19-25(26)23-6-4-3-5-7-23/h3-11,25-26H,12-21H2,1-2H3/t25-,26-/m1/s1. The van der Waals surface area contributed by atoms with Crippen molar-refractivity contribution in [2.24, 2.45) is 11.3 Å². The Labute approximate surface area is 214 Å². The summed E-state index contributed by atoms with van der Waals surface area (Å²) in [5, 5.41) is 0. The van der Waals surface area contributed by atoms with E-state index in [-0.39, 0.29) is 23.8 Å². The van der Waals surface area contributed by atoms with Gasteiger partial charge in [0.1, 0.15) is 5.75 Å². The van der Waals surface area contributed by atoms with Crippen LogP contribution in [-0.4, -0.2) is 80.2 Å². The summed E-state index contributed by atoms with van der Waals surface area (Å²) in [7, 11) is 3.10. The van der Waals surface area contributed by atoms with Gasteiger partial charge in [-0.15, -0.1) is 0 Å². The Hall–Kier alpha value is -3.06. The predicted octanol–water partition coefficient (Wildman–Crippen LogP) is 3.99. The van der Waals surface area contributed by atoms with Crippen molar-refractivity contribution >= 4 is 12.0 Å². The molecule has 0 radical (unpaired) electrons. The molecule has 5 rings (SSSR count). The van der Waals surface area contributed by atoms with Crippen LogP contribution in [0.2, 0.25) is 0 Å². The first-order valence-corrected chi connectivity index (χ1v) is 13.0. The normalized spacial score (nSPS) is 23.7. The minimum atomic E-state index is -0.355. The van der Waals surface area contributed by atoms with Gasteiger partial charge in [-0.05, 0) is 54.5 Å². The molecule has 1 spiro atoms. The number of piperidine rings is 1. The number of carbonyl (C=O) groups is 2. The highest BCUT2D eigenvalue weighted by molar-refractivity contribution is 5.82. The van der Waals surface area contributed by atoms with Gasteiger partial charge in [0.15, 0.2) is 0 Å². The Morgan fingerprint density at radius 1 is 0.889 bits per heavy atom. The van der Waals surface area contributed by atoms with Crippen LogP contribution >= 0.6 is 0 Å². The minimum Gasteiger partial charge on any atom is -0.497 e. The number of rotatable bonds is 5. The smallest absolute Gasteiger partial charge is 0.409 e. The highest BCUT2D eigenvalue weighted by Crippen LogP contribution is 2.42. The molecule has 7 nitrogen and oxygen atoms in total. The van der Waals surface area contributed by atoms with Crippen molar-refractivity contribution in [2.45, 2.75) is 31.7 Å². The molecule has 3 aliphatic heterocycles. The van der Waals surface area contributed by atoms with Gasteiger partial charge in [0, 0.05) is 45.2 Å². The minimum absolute atomic E-state index is 0.000144. The number of ether oxygens (including phenoxy) is 2. The van der Waals surface area contributed by atoms with E-state index in [4.69, 9.17) is 9.47 Å². The lowest BCUT2D eigenvalue weighted by molar-refractivity contribution is -0.137. The molecule has 0 unspecified atom stereocenters. The van der Waals surface area contributed by atoms with Crippen LogP contribution in [0.15, 0.2) is 54.6 Å². The molecule has 0 aliphatic carbocycles. The summed E-state index contributed by atoms with van der Waals surface area (Å²) in [6.07, 6.45) is 2.92. The molecule has 0 bridgehead atoms. The highest BCUT2D eigenvalue weighted by atomic mass is 16.5. The van der Waals surface area contributed by atoms with E-state index in [1.54, 1.807) is 12.0 Å². The second-order valence-corrected chi connectivity index (χ2v) is 10.6. The molecule has 7 heteroatoms. The first-order chi connectivity index (χ1) is 17.5. The van der Waals surface area contributed by atoms with E-state index in [2.05, 4.69) is 34.1 Å². The zero-order valence-electron chi connectivity index (χ0n) is 21.4. The maximum atomic E-state index is 13.7. The second-order valence-electron chi connectivity index (χ2n) is 10.6. The average molecular weight is 492 g/mol. The van der Waals surface area contributed by atoms with Gasteiger partial charge >= 0.3 is 6.09 Å². The van der Waals surface area contributed by atoms with E-state index in [1.165, 1.54) is 19.1 Å². The number of hydrogen-bond donors (Lipinski definition) is 0. The number of methoxy groups -OCH3 is 2. The molecule has 2 amide bonds. The van der Waals surface area contributed by atoms with Gasteiger partial charge in [0.05, 0.1) is 20.1 Å². The van der Waals surface area contributed by atoms with E-state index in [9.17, 15) is 9.59 Å². The van der Waals surface area contributed by atoms with E-state index < -0.39 is 0 Å². The molecule has 36 heavy (non-hydrogen) atoms. The Morgan fingerprint density at radius 3 is 2.25 bits per heavy atom. The molecule has 2 aromatic rings. The molecular formula is C29H37N3O4. The summed E-state index contributed by atoms with van der Waals surface area (Å²) in [4.78, 5) is 32.3. The largest absolute Gasteiger partial charge is 0.497 e. The molecule has 3 saturated heterocycles. The molecule has 0 saturated carbocycles. The highest BCUT2D eigenvalue weighted by Gasteiger charge is 2.46. The molecule has 2 atom stereocenters. The number of benzene rings is 2. The van der Waals surface area contributed by atoms with Crippen molar-refractivity contribution in [2.75, 3.05) is 53.5 Å². The van der Waals surface area contributed by atoms with Crippen molar-refractivity contribution in [3.8, 4) is 5.75 Å². The lowest BCUT2D eigenvalue weighted by atomic mass is 9.77. The Morgan fingerprint density at radius 2 is 1.58 bits per heavy atom. The Kier molecular flexibility index (Phi) is 7.19. The first kappa shape index (κ1) is 24.6. The number of nitrogens with zero attached hydrogens (tertiary/aromatic N) is 3. The summed E-state index contributed by atoms with van der Waals surface area (Å²) in [6, 6.07) is 18.5. The third-order valence-corrected chi connectivity index (χ3v) is 8.52. The van der Waals surface area contributed by atoms with E-state index in [1.807, 2.05) is 30.3 Å². The van der Waals surface area contributed by atoms with Gasteiger partial charge in [-0.2, -0.15) is 0 Å². The van der Waals surface area contributed by atoms with Crippen molar-refractivity contribution < 1.29 is 19.1 Å². The number of likely N-dealkylation sites (tertiary alicyclic amines) is 3. The topological polar surface area (TPSA) is 62.3 Å². The monoisotopic (exact) mass is 491 g/mol. The maximum Gasteiger partial charge on any atom is 0.409 e. The summed E-state index contributed by atoms with van der Waals surface area (Å²) in [5.74, 6) is 0.842. The summed E-state index contributed by atoms with van der Waals surface area (Å²) in [6.45, 7) is 5.68. The van der Waals surface area contributed by atoms with Crippen molar-refractivity contribution in [1.29, 1.82) is 0 Å². The second kappa shape index (κ2) is 10.5. The van der Waals surface area contributed by atoms with Gasteiger partial charge in [0.25, 0.3) is 0 Å². The molecule has 2 aromatic carbocycles. The third kappa shape index (κ3) is 5.07. The number of amides is 2. The first-order valence-electron chi connectivity index (χ1n) is 13.0. The van der Waals surface area contributed by atoms with Crippen LogP contribution < -0.4 is 4.74 Å². The molecule has 3 fully saturated rings. The van der Waals surface area contributed by atoms with Crippen molar-refractivity contribution in [3.63, 3.8) is 0 Å². The van der Waals surface area contributed by atoms with Crippen LogP contribution in [0, 0.1) is 11.3 Å². The lowest BCUT2D eigenvalue weighted by Gasteiger charge is -2.40. The fourth-order valence-electron chi connectivity index (χ4n) is 6.37. The zero-order valence-corrected chi connectivity index (χ0v) is 21.4. The van der Waals surface area contributed by atoms with Crippen molar-refractivity contribution in [3.05, 3.63) is 65.7 Å². The van der Waals surface area contributed by atoms with E-state index >= 15 is 0 Å². The van der Waals surface area contributed by atoms with Gasteiger partial charge < -0.3 is 19.3 Å². The molecule has 192 valence electrons. The maximum absolute atomic E-state index is 13.7. The SMILES string of the molecule is COC(=O)N1C[C@H](c2ccccc2)[C@H](C(=O)N2CCC3(CCN(Cc4ccc(OC)cc4)C3)CC2)C1. The van der Waals surface area contributed by atoms with Gasteiger partial charge in [0.2, 0.25) is 5.91 Å². The van der Waals surface area contributed by atoms with Crippen LogP contribution in [-0.2, 0) is 16.1 Å². The summed E-state index contributed by atoms with van der Waals surface area (Å²) >= 11 is 0. The Bertz CT molecular complexity index is 1050. The predicted molar refractivity (Wildman–Crippen MR) is 138 cm³/mol. The fraction of sp³-hybridized carbons (Fsp3) is 0.517. The lowest BCUT2D eigenvalue weighted by Crippen LogP contribution is -2.47. The van der Waals surface area contributed by atoms with Crippen LogP contribution in [0.4, 0.5) is 4.79 Å². The van der Waals surface area contributed by atoms with E-state index in [0.717, 1.165) is 56.9 Å². The fourth-order valence-corrected chi connectivity index (χ4v) is 6.37. The third-order valence-electron chi connectivity index (χ3n) is 8.52. The number of hydrogen-bond acceptors (Lipinski definition) is 5. The zero-order chi connectivity index (χ0) is 25.1. The molecule has 0 aromatic heterocycles. The van der Waals surface area contributed by atoms with Crippen LogP contribution in [0.1, 0.15) is 36.3 Å². The Balaban J connectivity index is 1.20. The van der Waals surface area contributed by atoms with E-state index in [0.29, 0.717) is 18.5 Å². The molecule has 3 heterocycles. The summed E-state index contributed by atoms with van der Waals surface area (Å²) < 4.78 is 10.2. The average Bonchev–Trinajstić information content (AvgIpc) is 3.54. The quantitative estimate of drug-likeness (QED) is 0.633. The van der Waals surface area contributed by atoms with Crippen molar-refractivity contribution in [1.82, 2.24) is 14.7 Å².